The Kier molecular flexibility index (Phi) is 3.64. The second-order valence-electron chi connectivity index (χ2n) is 5.32. The smallest absolute Gasteiger partial charge is 0.243 e. The first-order valence-electron chi connectivity index (χ1n) is 6.68. The lowest BCUT2D eigenvalue weighted by Gasteiger charge is -2.32. The van der Waals surface area contributed by atoms with Crippen molar-refractivity contribution < 1.29 is 13.5 Å². The molecule has 1 atom stereocenters. The minimum absolute atomic E-state index is 0.0199. The van der Waals surface area contributed by atoms with Crippen LogP contribution < -0.4 is 4.72 Å². The van der Waals surface area contributed by atoms with E-state index in [0.717, 1.165) is 23.3 Å². The fourth-order valence-corrected chi connectivity index (χ4v) is 4.73. The van der Waals surface area contributed by atoms with Crippen molar-refractivity contribution in [2.75, 3.05) is 6.54 Å². The Balaban J connectivity index is 1.79. The molecule has 6 nitrogen and oxygen atoms in total. The molecule has 2 aromatic heterocycles. The van der Waals surface area contributed by atoms with Gasteiger partial charge in [0.2, 0.25) is 10.0 Å². The van der Waals surface area contributed by atoms with Crippen molar-refractivity contribution in [3.05, 3.63) is 34.3 Å². The number of hydrogen-bond donors (Lipinski definition) is 2. The molecule has 114 valence electrons. The zero-order valence-corrected chi connectivity index (χ0v) is 13.2. The lowest BCUT2D eigenvalue weighted by Crippen LogP contribution is -2.42. The number of aliphatic hydroxyl groups is 1. The molecule has 0 saturated carbocycles. The molecule has 2 heterocycles. The van der Waals surface area contributed by atoms with Gasteiger partial charge in [0.25, 0.3) is 0 Å². The van der Waals surface area contributed by atoms with Crippen LogP contribution in [0.2, 0.25) is 0 Å². The van der Waals surface area contributed by atoms with Gasteiger partial charge in [-0.05, 0) is 36.3 Å². The summed E-state index contributed by atoms with van der Waals surface area (Å²) in [5, 5.41) is 16.6. The molecule has 21 heavy (non-hydrogen) atoms. The highest BCUT2D eigenvalue weighted by atomic mass is 32.2. The Morgan fingerprint density at radius 2 is 2.38 bits per heavy atom. The topological polar surface area (TPSA) is 84.2 Å². The Labute approximate surface area is 127 Å². The van der Waals surface area contributed by atoms with Crippen LogP contribution in [0.1, 0.15) is 23.3 Å². The van der Waals surface area contributed by atoms with Gasteiger partial charge in [0.05, 0.1) is 6.20 Å². The third kappa shape index (κ3) is 2.76. The predicted octanol–water partition coefficient (Wildman–Crippen LogP) is 0.984. The molecule has 0 saturated heterocycles. The normalized spacial score (nSPS) is 22.2. The van der Waals surface area contributed by atoms with Gasteiger partial charge >= 0.3 is 0 Å². The van der Waals surface area contributed by atoms with E-state index in [2.05, 4.69) is 9.82 Å². The maximum absolute atomic E-state index is 12.2. The van der Waals surface area contributed by atoms with Crippen LogP contribution >= 0.6 is 11.3 Å². The van der Waals surface area contributed by atoms with Gasteiger partial charge in [-0.3, -0.25) is 4.68 Å². The van der Waals surface area contributed by atoms with Gasteiger partial charge < -0.3 is 5.11 Å². The highest BCUT2D eigenvalue weighted by Crippen LogP contribution is 2.37. The van der Waals surface area contributed by atoms with E-state index in [1.807, 2.05) is 11.4 Å². The van der Waals surface area contributed by atoms with Crippen molar-refractivity contribution in [3.63, 3.8) is 0 Å². The zero-order valence-electron chi connectivity index (χ0n) is 11.6. The molecule has 8 heteroatoms. The van der Waals surface area contributed by atoms with Crippen molar-refractivity contribution in [2.24, 2.45) is 7.05 Å². The van der Waals surface area contributed by atoms with Crippen LogP contribution in [0.25, 0.3) is 0 Å². The van der Waals surface area contributed by atoms with E-state index in [9.17, 15) is 13.5 Å². The molecular weight excluding hydrogens is 310 g/mol. The SMILES string of the molecule is Cn1cc(S(=O)(=O)NCC2(O)CCCc3sccc32)cn1. The average Bonchev–Trinajstić information content (AvgIpc) is 3.06. The Bertz CT molecular complexity index is 750. The summed E-state index contributed by atoms with van der Waals surface area (Å²) in [5.41, 5.74) is -0.268. The third-order valence-electron chi connectivity index (χ3n) is 3.79. The van der Waals surface area contributed by atoms with Crippen molar-refractivity contribution in [2.45, 2.75) is 29.8 Å². The van der Waals surface area contributed by atoms with E-state index in [-0.39, 0.29) is 11.4 Å². The quantitative estimate of drug-likeness (QED) is 0.877. The number of rotatable bonds is 4. The number of thiophene rings is 1. The van der Waals surface area contributed by atoms with Crippen LogP contribution in [0, 0.1) is 0 Å². The first-order valence-corrected chi connectivity index (χ1v) is 9.05. The van der Waals surface area contributed by atoms with Crippen molar-refractivity contribution >= 4 is 21.4 Å². The Hall–Kier alpha value is -1.22. The number of aromatic nitrogens is 2. The molecule has 0 bridgehead atoms. The average molecular weight is 327 g/mol. The lowest BCUT2D eigenvalue weighted by atomic mass is 9.83. The first-order chi connectivity index (χ1) is 9.91. The van der Waals surface area contributed by atoms with Gasteiger partial charge in [-0.25, -0.2) is 13.1 Å². The molecule has 1 aliphatic rings. The molecule has 0 radical (unpaired) electrons. The second kappa shape index (κ2) is 5.20. The molecule has 1 aliphatic carbocycles. The van der Waals surface area contributed by atoms with Gasteiger partial charge in [-0.15, -0.1) is 11.3 Å². The third-order valence-corrected chi connectivity index (χ3v) is 6.12. The van der Waals surface area contributed by atoms with E-state index in [1.54, 1.807) is 18.4 Å². The van der Waals surface area contributed by atoms with Gasteiger partial charge in [-0.2, -0.15) is 5.10 Å². The maximum atomic E-state index is 12.2. The van der Waals surface area contributed by atoms with E-state index < -0.39 is 15.6 Å². The number of aryl methyl sites for hydroxylation is 2. The fourth-order valence-electron chi connectivity index (χ4n) is 2.64. The molecule has 2 N–H and O–H groups in total. The number of sulfonamides is 1. The van der Waals surface area contributed by atoms with Crippen LogP contribution in [-0.4, -0.2) is 29.8 Å². The van der Waals surface area contributed by atoms with Gasteiger partial charge in [0, 0.05) is 24.7 Å². The van der Waals surface area contributed by atoms with Gasteiger partial charge in [-0.1, -0.05) is 0 Å². The summed E-state index contributed by atoms with van der Waals surface area (Å²) in [6.07, 6.45) is 5.10. The number of hydrogen-bond acceptors (Lipinski definition) is 5. The Morgan fingerprint density at radius 3 is 3.10 bits per heavy atom. The summed E-state index contributed by atoms with van der Waals surface area (Å²) in [4.78, 5) is 1.25. The molecular formula is C13H17N3O3S2. The largest absolute Gasteiger partial charge is 0.384 e. The van der Waals surface area contributed by atoms with E-state index in [1.165, 1.54) is 17.1 Å². The number of nitrogens with zero attached hydrogens (tertiary/aromatic N) is 2. The first kappa shape index (κ1) is 14.7. The molecule has 0 spiro atoms. The zero-order chi connectivity index (χ0) is 15.1. The monoisotopic (exact) mass is 327 g/mol. The predicted molar refractivity (Wildman–Crippen MR) is 79.6 cm³/mol. The minimum Gasteiger partial charge on any atom is -0.384 e. The number of fused-ring (bicyclic) bond motifs is 1. The van der Waals surface area contributed by atoms with Crippen LogP contribution in [0.5, 0.6) is 0 Å². The molecule has 0 aliphatic heterocycles. The van der Waals surface area contributed by atoms with Gasteiger partial charge in [0.1, 0.15) is 10.5 Å². The fraction of sp³-hybridized carbons (Fsp3) is 0.462. The van der Waals surface area contributed by atoms with Crippen molar-refractivity contribution in [1.29, 1.82) is 0 Å². The summed E-state index contributed by atoms with van der Waals surface area (Å²) >= 11 is 1.61. The lowest BCUT2D eigenvalue weighted by molar-refractivity contribution is 0.0252. The summed E-state index contributed by atoms with van der Waals surface area (Å²) in [7, 11) is -1.99. The molecule has 0 fully saturated rings. The van der Waals surface area contributed by atoms with Crippen LogP contribution in [-0.2, 0) is 29.1 Å². The molecule has 3 rings (SSSR count). The highest BCUT2D eigenvalue weighted by molar-refractivity contribution is 7.89. The van der Waals surface area contributed by atoms with E-state index in [0.29, 0.717) is 6.42 Å². The second-order valence-corrected chi connectivity index (χ2v) is 8.08. The summed E-state index contributed by atoms with van der Waals surface area (Å²) in [6.45, 7) is -0.0199. The molecule has 1 unspecified atom stereocenters. The van der Waals surface area contributed by atoms with Crippen molar-refractivity contribution in [3.8, 4) is 0 Å². The Morgan fingerprint density at radius 1 is 1.57 bits per heavy atom. The van der Waals surface area contributed by atoms with Crippen molar-refractivity contribution in [1.82, 2.24) is 14.5 Å². The molecule has 0 amide bonds. The van der Waals surface area contributed by atoms with E-state index >= 15 is 0 Å². The highest BCUT2D eigenvalue weighted by Gasteiger charge is 2.36. The number of nitrogens with one attached hydrogen (secondary N) is 1. The maximum Gasteiger partial charge on any atom is 0.243 e. The van der Waals surface area contributed by atoms with Crippen LogP contribution in [0.4, 0.5) is 0 Å². The summed E-state index contributed by atoms with van der Waals surface area (Å²) in [5.74, 6) is 0. The molecule has 0 aromatic carbocycles. The standard InChI is InChI=1S/C13H17N3O3S2/c1-16-8-10(7-14-16)21(18,19)15-9-13(17)5-2-3-12-11(13)4-6-20-12/h4,6-8,15,17H,2-3,5,9H2,1H3. The minimum atomic E-state index is -3.65. The van der Waals surface area contributed by atoms with E-state index in [4.69, 9.17) is 0 Å². The van der Waals surface area contributed by atoms with Gasteiger partial charge in [0.15, 0.2) is 0 Å². The molecule has 2 aromatic rings. The summed E-state index contributed by atoms with van der Waals surface area (Å²) < 4.78 is 28.3. The van der Waals surface area contributed by atoms with Crippen LogP contribution in [0.3, 0.4) is 0 Å². The summed E-state index contributed by atoms with van der Waals surface area (Å²) in [6, 6.07) is 1.89. The van der Waals surface area contributed by atoms with Crippen LogP contribution in [0.15, 0.2) is 28.7 Å².